The topological polar surface area (TPSA) is 60.5 Å². The fraction of sp³-hybridized carbons (Fsp3) is 0.500. The molecule has 1 N–H and O–H groups in total. The summed E-state index contributed by atoms with van der Waals surface area (Å²) in [6.07, 6.45) is 0.904. The molecule has 0 radical (unpaired) electrons. The number of nitrogens with zero attached hydrogens (tertiary/aromatic N) is 1. The van der Waals surface area contributed by atoms with Crippen LogP contribution in [0.3, 0.4) is 0 Å². The molecule has 1 amide bonds. The number of rotatable bonds is 6. The standard InChI is InChI=1S/C20H26N2O3S/c1-12(2)8-17-22-13(3)18(26-17)19(23)21-10-20(4,5)14-6-7-15-16(9-14)25-11-24-15/h6-7,9,12H,8,10-11H2,1-5H3,(H,21,23). The molecule has 26 heavy (non-hydrogen) atoms. The number of aromatic nitrogens is 1. The van der Waals surface area contributed by atoms with Crippen LogP contribution in [0.1, 0.15) is 53.6 Å². The molecule has 140 valence electrons. The van der Waals surface area contributed by atoms with Gasteiger partial charge in [0.15, 0.2) is 11.5 Å². The molecule has 1 aliphatic heterocycles. The zero-order chi connectivity index (χ0) is 18.9. The SMILES string of the molecule is Cc1nc(CC(C)C)sc1C(=O)NCC(C)(C)c1ccc2c(c1)OCO2. The number of carbonyl (C=O) groups excluding carboxylic acids is 1. The first-order chi connectivity index (χ1) is 12.3. The van der Waals surface area contributed by atoms with E-state index in [-0.39, 0.29) is 18.1 Å². The van der Waals surface area contributed by atoms with Crippen LogP contribution in [0.5, 0.6) is 11.5 Å². The van der Waals surface area contributed by atoms with Crippen molar-refractivity contribution in [2.75, 3.05) is 13.3 Å². The van der Waals surface area contributed by atoms with Crippen LogP contribution in [0.4, 0.5) is 0 Å². The molecule has 1 aromatic heterocycles. The summed E-state index contributed by atoms with van der Waals surface area (Å²) in [6.45, 7) is 11.2. The van der Waals surface area contributed by atoms with Gasteiger partial charge in [-0.3, -0.25) is 4.79 Å². The third-order valence-corrected chi connectivity index (χ3v) is 5.65. The van der Waals surface area contributed by atoms with Crippen LogP contribution in [0.2, 0.25) is 0 Å². The number of ether oxygens (including phenoxy) is 2. The molecule has 5 nitrogen and oxygen atoms in total. The van der Waals surface area contributed by atoms with E-state index in [0.717, 1.165) is 34.2 Å². The van der Waals surface area contributed by atoms with Gasteiger partial charge in [0.2, 0.25) is 6.79 Å². The van der Waals surface area contributed by atoms with Gasteiger partial charge in [-0.05, 0) is 30.5 Å². The molecule has 0 saturated carbocycles. The van der Waals surface area contributed by atoms with E-state index in [1.807, 2.05) is 25.1 Å². The third-order valence-electron chi connectivity index (χ3n) is 4.47. The van der Waals surface area contributed by atoms with Crippen molar-refractivity contribution in [3.63, 3.8) is 0 Å². The number of amides is 1. The summed E-state index contributed by atoms with van der Waals surface area (Å²) >= 11 is 1.50. The lowest BCUT2D eigenvalue weighted by molar-refractivity contribution is 0.0949. The zero-order valence-electron chi connectivity index (χ0n) is 16.0. The molecular weight excluding hydrogens is 348 g/mol. The minimum atomic E-state index is -0.226. The molecule has 2 aromatic rings. The number of benzene rings is 1. The van der Waals surface area contributed by atoms with E-state index in [4.69, 9.17) is 9.47 Å². The van der Waals surface area contributed by atoms with Gasteiger partial charge >= 0.3 is 0 Å². The molecule has 1 aliphatic rings. The second-order valence-corrected chi connectivity index (χ2v) is 8.84. The molecule has 3 rings (SSSR count). The van der Waals surface area contributed by atoms with E-state index in [9.17, 15) is 4.79 Å². The molecule has 2 heterocycles. The van der Waals surface area contributed by atoms with Crippen molar-refractivity contribution >= 4 is 17.2 Å². The summed E-state index contributed by atoms with van der Waals surface area (Å²) in [4.78, 5) is 17.9. The van der Waals surface area contributed by atoms with E-state index in [0.29, 0.717) is 17.3 Å². The van der Waals surface area contributed by atoms with Crippen molar-refractivity contribution in [2.45, 2.75) is 46.5 Å². The Hall–Kier alpha value is -2.08. The monoisotopic (exact) mass is 374 g/mol. The average Bonchev–Trinajstić information content (AvgIpc) is 3.17. The van der Waals surface area contributed by atoms with Gasteiger partial charge in [-0.1, -0.05) is 33.8 Å². The quantitative estimate of drug-likeness (QED) is 0.827. The summed E-state index contributed by atoms with van der Waals surface area (Å²) in [7, 11) is 0. The van der Waals surface area contributed by atoms with E-state index in [1.165, 1.54) is 11.3 Å². The summed E-state index contributed by atoms with van der Waals surface area (Å²) in [5.74, 6) is 2.01. The maximum absolute atomic E-state index is 12.6. The number of thiazole rings is 1. The van der Waals surface area contributed by atoms with Crippen LogP contribution in [0, 0.1) is 12.8 Å². The summed E-state index contributed by atoms with van der Waals surface area (Å²) in [5, 5.41) is 4.10. The number of nitrogens with one attached hydrogen (secondary N) is 1. The Balaban J connectivity index is 1.67. The van der Waals surface area contributed by atoms with Gasteiger partial charge in [-0.25, -0.2) is 4.98 Å². The number of carbonyl (C=O) groups is 1. The Kier molecular flexibility index (Phi) is 5.23. The van der Waals surface area contributed by atoms with Crippen LogP contribution >= 0.6 is 11.3 Å². The van der Waals surface area contributed by atoms with Gasteiger partial charge < -0.3 is 14.8 Å². The van der Waals surface area contributed by atoms with Crippen LogP contribution in [0.15, 0.2) is 18.2 Å². The summed E-state index contributed by atoms with van der Waals surface area (Å²) < 4.78 is 10.8. The highest BCUT2D eigenvalue weighted by atomic mass is 32.1. The van der Waals surface area contributed by atoms with Crippen LogP contribution in [-0.4, -0.2) is 24.2 Å². The van der Waals surface area contributed by atoms with Gasteiger partial charge in [0.05, 0.1) is 10.7 Å². The van der Waals surface area contributed by atoms with Crippen molar-refractivity contribution in [1.82, 2.24) is 10.3 Å². The molecule has 1 aromatic carbocycles. The van der Waals surface area contributed by atoms with Gasteiger partial charge in [0, 0.05) is 18.4 Å². The Labute approximate surface area is 158 Å². The minimum absolute atomic E-state index is 0.0520. The Morgan fingerprint density at radius 1 is 1.31 bits per heavy atom. The second kappa shape index (κ2) is 7.27. The predicted molar refractivity (Wildman–Crippen MR) is 103 cm³/mol. The van der Waals surface area contributed by atoms with Crippen LogP contribution in [-0.2, 0) is 11.8 Å². The molecule has 0 fully saturated rings. The first-order valence-corrected chi connectivity index (χ1v) is 9.72. The highest BCUT2D eigenvalue weighted by molar-refractivity contribution is 7.13. The van der Waals surface area contributed by atoms with Crippen LogP contribution in [0.25, 0.3) is 0 Å². The zero-order valence-corrected chi connectivity index (χ0v) is 16.8. The molecule has 0 atom stereocenters. The van der Waals surface area contributed by atoms with E-state index < -0.39 is 0 Å². The number of aryl methyl sites for hydroxylation is 1. The molecule has 0 bridgehead atoms. The molecule has 0 saturated heterocycles. The average molecular weight is 375 g/mol. The van der Waals surface area contributed by atoms with E-state index in [2.05, 4.69) is 38.0 Å². The Morgan fingerprint density at radius 3 is 2.77 bits per heavy atom. The number of hydrogen-bond donors (Lipinski definition) is 1. The normalized spacial score (nSPS) is 13.3. The Morgan fingerprint density at radius 2 is 2.04 bits per heavy atom. The smallest absolute Gasteiger partial charge is 0.263 e. The first-order valence-electron chi connectivity index (χ1n) is 8.91. The lowest BCUT2D eigenvalue weighted by Crippen LogP contribution is -2.36. The van der Waals surface area contributed by atoms with Gasteiger partial charge in [-0.2, -0.15) is 0 Å². The molecular formula is C20H26N2O3S. The van der Waals surface area contributed by atoms with Crippen LogP contribution < -0.4 is 14.8 Å². The van der Waals surface area contributed by atoms with Gasteiger partial charge in [0.25, 0.3) is 5.91 Å². The fourth-order valence-corrected chi connectivity index (χ4v) is 4.09. The summed E-state index contributed by atoms with van der Waals surface area (Å²) in [5.41, 5.74) is 1.68. The maximum Gasteiger partial charge on any atom is 0.263 e. The molecule has 6 heteroatoms. The van der Waals surface area contributed by atoms with E-state index in [1.54, 1.807) is 0 Å². The lowest BCUT2D eigenvalue weighted by Gasteiger charge is -2.25. The maximum atomic E-state index is 12.6. The largest absolute Gasteiger partial charge is 0.454 e. The van der Waals surface area contributed by atoms with Crippen molar-refractivity contribution in [3.8, 4) is 11.5 Å². The molecule has 0 unspecified atom stereocenters. The fourth-order valence-electron chi connectivity index (χ4n) is 2.90. The third kappa shape index (κ3) is 4.01. The first kappa shape index (κ1) is 18.7. The van der Waals surface area contributed by atoms with Crippen molar-refractivity contribution in [2.24, 2.45) is 5.92 Å². The van der Waals surface area contributed by atoms with Crippen molar-refractivity contribution in [1.29, 1.82) is 0 Å². The van der Waals surface area contributed by atoms with Crippen molar-refractivity contribution in [3.05, 3.63) is 39.3 Å². The molecule has 0 spiro atoms. The highest BCUT2D eigenvalue weighted by Gasteiger charge is 2.26. The second-order valence-electron chi connectivity index (χ2n) is 7.75. The summed E-state index contributed by atoms with van der Waals surface area (Å²) in [6, 6.07) is 5.94. The van der Waals surface area contributed by atoms with E-state index >= 15 is 0 Å². The highest BCUT2D eigenvalue weighted by Crippen LogP contribution is 2.36. The number of hydrogen-bond acceptors (Lipinski definition) is 5. The van der Waals surface area contributed by atoms with Gasteiger partial charge in [0.1, 0.15) is 4.88 Å². The predicted octanol–water partition coefficient (Wildman–Crippen LogP) is 4.09. The lowest BCUT2D eigenvalue weighted by atomic mass is 9.84. The molecule has 0 aliphatic carbocycles. The number of fused-ring (bicyclic) bond motifs is 1. The minimum Gasteiger partial charge on any atom is -0.454 e. The van der Waals surface area contributed by atoms with Crippen molar-refractivity contribution < 1.29 is 14.3 Å². The Bertz CT molecular complexity index is 811. The van der Waals surface area contributed by atoms with Gasteiger partial charge in [-0.15, -0.1) is 11.3 Å².